The summed E-state index contributed by atoms with van der Waals surface area (Å²) in [6.45, 7) is -2.94. The first-order chi connectivity index (χ1) is 9.49. The van der Waals surface area contributed by atoms with E-state index in [0.717, 1.165) is 0 Å². The summed E-state index contributed by atoms with van der Waals surface area (Å²) in [7, 11) is 0. The SMILES string of the molecule is CCOc1ccc(OCC)c(OC(F)F)c1OC(F)F. The lowest BCUT2D eigenvalue weighted by Gasteiger charge is -2.18. The summed E-state index contributed by atoms with van der Waals surface area (Å²) in [4.78, 5) is 0. The molecule has 0 aliphatic rings. The Balaban J connectivity index is 3.29. The Kier molecular flexibility index (Phi) is 6.20. The molecule has 0 amide bonds. The molecule has 0 fully saturated rings. The van der Waals surface area contributed by atoms with Crippen LogP contribution >= 0.6 is 0 Å². The smallest absolute Gasteiger partial charge is 0.387 e. The average molecular weight is 298 g/mol. The summed E-state index contributed by atoms with van der Waals surface area (Å²) in [5, 5.41) is 0. The van der Waals surface area contributed by atoms with Crippen LogP contribution in [0.4, 0.5) is 17.6 Å². The Bertz CT molecular complexity index is 387. The van der Waals surface area contributed by atoms with Crippen LogP contribution in [0, 0.1) is 0 Å². The van der Waals surface area contributed by atoms with E-state index in [-0.39, 0.29) is 24.7 Å². The fourth-order valence-electron chi connectivity index (χ4n) is 1.47. The van der Waals surface area contributed by atoms with Crippen LogP contribution in [0.1, 0.15) is 13.8 Å². The van der Waals surface area contributed by atoms with Gasteiger partial charge in [-0.3, -0.25) is 0 Å². The molecule has 1 aromatic carbocycles. The number of benzene rings is 1. The number of hydrogen-bond donors (Lipinski definition) is 0. The molecule has 1 rings (SSSR count). The maximum atomic E-state index is 12.4. The van der Waals surface area contributed by atoms with Crippen molar-refractivity contribution in [3.8, 4) is 23.0 Å². The van der Waals surface area contributed by atoms with Crippen LogP contribution in [0.3, 0.4) is 0 Å². The van der Waals surface area contributed by atoms with Crippen molar-refractivity contribution in [2.45, 2.75) is 27.1 Å². The average Bonchev–Trinajstić information content (AvgIpc) is 2.35. The molecule has 0 radical (unpaired) electrons. The third kappa shape index (κ3) is 4.36. The first-order valence-corrected chi connectivity index (χ1v) is 5.81. The van der Waals surface area contributed by atoms with Gasteiger partial charge in [0.05, 0.1) is 13.2 Å². The topological polar surface area (TPSA) is 36.9 Å². The molecular weight excluding hydrogens is 284 g/mol. The molecule has 0 aliphatic heterocycles. The highest BCUT2D eigenvalue weighted by Crippen LogP contribution is 2.46. The maximum Gasteiger partial charge on any atom is 0.387 e. The van der Waals surface area contributed by atoms with E-state index in [0.29, 0.717) is 0 Å². The Morgan fingerprint density at radius 1 is 0.800 bits per heavy atom. The van der Waals surface area contributed by atoms with E-state index in [1.54, 1.807) is 13.8 Å². The van der Waals surface area contributed by atoms with Gasteiger partial charge in [0.15, 0.2) is 11.5 Å². The second-order valence-electron chi connectivity index (χ2n) is 3.34. The quantitative estimate of drug-likeness (QED) is 0.686. The second-order valence-corrected chi connectivity index (χ2v) is 3.34. The standard InChI is InChI=1S/C12H14F4O4/c1-3-17-7-5-6-8(18-4-2)10(20-12(15)16)9(7)19-11(13)14/h5-6,11-12H,3-4H2,1-2H3. The molecule has 0 saturated carbocycles. The van der Waals surface area contributed by atoms with E-state index < -0.39 is 24.7 Å². The van der Waals surface area contributed by atoms with Gasteiger partial charge in [-0.2, -0.15) is 17.6 Å². The molecule has 0 heterocycles. The van der Waals surface area contributed by atoms with Crippen molar-refractivity contribution >= 4 is 0 Å². The van der Waals surface area contributed by atoms with Crippen molar-refractivity contribution < 1.29 is 36.5 Å². The molecule has 0 aliphatic carbocycles. The number of alkyl halides is 4. The fraction of sp³-hybridized carbons (Fsp3) is 0.500. The van der Waals surface area contributed by atoms with Crippen LogP contribution in [-0.2, 0) is 0 Å². The summed E-state index contributed by atoms with van der Waals surface area (Å²) >= 11 is 0. The van der Waals surface area contributed by atoms with Crippen molar-refractivity contribution in [1.29, 1.82) is 0 Å². The molecule has 0 spiro atoms. The molecule has 20 heavy (non-hydrogen) atoms. The highest BCUT2D eigenvalue weighted by atomic mass is 19.3. The van der Waals surface area contributed by atoms with Crippen molar-refractivity contribution in [2.24, 2.45) is 0 Å². The number of ether oxygens (including phenoxy) is 4. The van der Waals surface area contributed by atoms with Crippen LogP contribution in [0.5, 0.6) is 23.0 Å². The Labute approximate surface area is 113 Å². The molecule has 0 bridgehead atoms. The molecule has 0 saturated heterocycles. The molecular formula is C12H14F4O4. The Morgan fingerprint density at radius 3 is 1.40 bits per heavy atom. The van der Waals surface area contributed by atoms with Gasteiger partial charge < -0.3 is 18.9 Å². The zero-order valence-corrected chi connectivity index (χ0v) is 10.9. The predicted octanol–water partition coefficient (Wildman–Crippen LogP) is 3.69. The van der Waals surface area contributed by atoms with Crippen LogP contribution in [0.2, 0.25) is 0 Å². The molecule has 1 aromatic rings. The molecule has 0 atom stereocenters. The van der Waals surface area contributed by atoms with Crippen LogP contribution in [0.25, 0.3) is 0 Å². The normalized spacial score (nSPS) is 10.8. The first-order valence-electron chi connectivity index (χ1n) is 5.81. The summed E-state index contributed by atoms with van der Waals surface area (Å²) in [5.41, 5.74) is 0. The first kappa shape index (κ1) is 16.2. The molecule has 4 nitrogen and oxygen atoms in total. The predicted molar refractivity (Wildman–Crippen MR) is 62.0 cm³/mol. The highest BCUT2D eigenvalue weighted by Gasteiger charge is 2.24. The Hall–Kier alpha value is -1.86. The summed E-state index contributed by atoms with van der Waals surface area (Å²) < 4.78 is 68.2. The molecule has 8 heteroatoms. The monoisotopic (exact) mass is 298 g/mol. The van der Waals surface area contributed by atoms with E-state index in [9.17, 15) is 17.6 Å². The van der Waals surface area contributed by atoms with Gasteiger partial charge in [-0.1, -0.05) is 0 Å². The third-order valence-corrected chi connectivity index (χ3v) is 2.05. The van der Waals surface area contributed by atoms with Gasteiger partial charge in [-0.05, 0) is 26.0 Å². The molecule has 0 N–H and O–H groups in total. The number of hydrogen-bond acceptors (Lipinski definition) is 4. The lowest BCUT2D eigenvalue weighted by Crippen LogP contribution is -2.11. The van der Waals surface area contributed by atoms with E-state index in [2.05, 4.69) is 9.47 Å². The fourth-order valence-corrected chi connectivity index (χ4v) is 1.47. The minimum Gasteiger partial charge on any atom is -0.490 e. The van der Waals surface area contributed by atoms with E-state index in [1.807, 2.05) is 0 Å². The summed E-state index contributed by atoms with van der Waals surface area (Å²) in [5.74, 6) is -1.50. The van der Waals surface area contributed by atoms with Crippen molar-refractivity contribution in [2.75, 3.05) is 13.2 Å². The van der Waals surface area contributed by atoms with Gasteiger partial charge in [-0.15, -0.1) is 0 Å². The zero-order chi connectivity index (χ0) is 15.1. The number of halogens is 4. The largest absolute Gasteiger partial charge is 0.490 e. The van der Waals surface area contributed by atoms with Gasteiger partial charge in [0, 0.05) is 0 Å². The van der Waals surface area contributed by atoms with E-state index in [4.69, 9.17) is 9.47 Å². The third-order valence-electron chi connectivity index (χ3n) is 2.05. The molecule has 114 valence electrons. The number of rotatable bonds is 8. The van der Waals surface area contributed by atoms with Gasteiger partial charge in [0.25, 0.3) is 0 Å². The van der Waals surface area contributed by atoms with E-state index >= 15 is 0 Å². The lowest BCUT2D eigenvalue weighted by molar-refractivity contribution is -0.0714. The van der Waals surface area contributed by atoms with Gasteiger partial charge in [0.1, 0.15) is 0 Å². The van der Waals surface area contributed by atoms with Gasteiger partial charge >= 0.3 is 13.2 Å². The highest BCUT2D eigenvalue weighted by molar-refractivity contribution is 5.59. The van der Waals surface area contributed by atoms with Crippen LogP contribution in [0.15, 0.2) is 12.1 Å². The zero-order valence-electron chi connectivity index (χ0n) is 10.9. The minimum absolute atomic E-state index is 0.132. The lowest BCUT2D eigenvalue weighted by atomic mass is 10.2. The van der Waals surface area contributed by atoms with Crippen LogP contribution in [-0.4, -0.2) is 26.4 Å². The molecule has 0 aromatic heterocycles. The van der Waals surface area contributed by atoms with Crippen molar-refractivity contribution in [1.82, 2.24) is 0 Å². The van der Waals surface area contributed by atoms with E-state index in [1.165, 1.54) is 12.1 Å². The summed E-state index contributed by atoms with van der Waals surface area (Å²) in [6.07, 6.45) is 0. The minimum atomic E-state index is -3.22. The maximum absolute atomic E-state index is 12.4. The van der Waals surface area contributed by atoms with Gasteiger partial charge in [0.2, 0.25) is 11.5 Å². The second kappa shape index (κ2) is 7.66. The van der Waals surface area contributed by atoms with Crippen LogP contribution < -0.4 is 18.9 Å². The van der Waals surface area contributed by atoms with Crippen molar-refractivity contribution in [3.63, 3.8) is 0 Å². The van der Waals surface area contributed by atoms with Gasteiger partial charge in [-0.25, -0.2) is 0 Å². The van der Waals surface area contributed by atoms with Crippen molar-refractivity contribution in [3.05, 3.63) is 12.1 Å². The Morgan fingerprint density at radius 2 is 1.15 bits per heavy atom. The molecule has 0 unspecified atom stereocenters. The summed E-state index contributed by atoms with van der Waals surface area (Å²) in [6, 6.07) is 2.56.